The fourth-order valence-corrected chi connectivity index (χ4v) is 2.61. The van der Waals surface area contributed by atoms with Gasteiger partial charge in [0.25, 0.3) is 0 Å². The van der Waals surface area contributed by atoms with Gasteiger partial charge in [-0.3, -0.25) is 5.43 Å². The molecule has 2 rings (SSSR count). The Bertz CT molecular complexity index is 380. The van der Waals surface area contributed by atoms with Gasteiger partial charge in [-0.15, -0.1) is 0 Å². The molecule has 2 aliphatic rings. The lowest BCUT2D eigenvalue weighted by atomic mass is 9.83. The SMILES string of the molecule is NC(=S)NN=C(C1CCCCC1)C1C=CC=CN1. The monoisotopic (exact) mass is 264 g/mol. The number of dihydropyridines is 1. The highest BCUT2D eigenvalue weighted by molar-refractivity contribution is 7.80. The molecule has 0 saturated heterocycles. The second-order valence-electron chi connectivity index (χ2n) is 4.74. The molecule has 0 aromatic rings. The highest BCUT2D eigenvalue weighted by Gasteiger charge is 2.25. The van der Waals surface area contributed by atoms with Gasteiger partial charge in [-0.25, -0.2) is 0 Å². The smallest absolute Gasteiger partial charge is 0.184 e. The van der Waals surface area contributed by atoms with Crippen LogP contribution in [0.4, 0.5) is 0 Å². The van der Waals surface area contributed by atoms with Crippen LogP contribution in [0.25, 0.3) is 0 Å². The van der Waals surface area contributed by atoms with Crippen molar-refractivity contribution in [1.82, 2.24) is 10.7 Å². The second-order valence-corrected chi connectivity index (χ2v) is 5.18. The van der Waals surface area contributed by atoms with Gasteiger partial charge < -0.3 is 11.1 Å². The van der Waals surface area contributed by atoms with Crippen LogP contribution >= 0.6 is 12.2 Å². The zero-order valence-corrected chi connectivity index (χ0v) is 11.2. The maximum Gasteiger partial charge on any atom is 0.184 e. The van der Waals surface area contributed by atoms with E-state index in [9.17, 15) is 0 Å². The third kappa shape index (κ3) is 3.57. The molecule has 5 heteroatoms. The molecular weight excluding hydrogens is 244 g/mol. The van der Waals surface area contributed by atoms with E-state index in [1.807, 2.05) is 18.4 Å². The summed E-state index contributed by atoms with van der Waals surface area (Å²) >= 11 is 4.82. The van der Waals surface area contributed by atoms with E-state index >= 15 is 0 Å². The number of nitrogens with zero attached hydrogens (tertiary/aromatic N) is 1. The fourth-order valence-electron chi connectivity index (χ4n) is 2.56. The third-order valence-electron chi connectivity index (χ3n) is 3.42. The first-order valence-electron chi connectivity index (χ1n) is 6.49. The normalized spacial score (nSPS) is 24.7. The molecule has 1 fully saturated rings. The lowest BCUT2D eigenvalue weighted by molar-refractivity contribution is 0.431. The molecule has 0 bridgehead atoms. The molecule has 0 spiro atoms. The number of hydrogen-bond donors (Lipinski definition) is 3. The van der Waals surface area contributed by atoms with Crippen molar-refractivity contribution >= 4 is 23.0 Å². The molecular formula is C13H20N4S. The number of hydrogen-bond acceptors (Lipinski definition) is 3. The van der Waals surface area contributed by atoms with Crippen molar-refractivity contribution in [3.8, 4) is 0 Å². The fraction of sp³-hybridized carbons (Fsp3) is 0.538. The second kappa shape index (κ2) is 6.54. The van der Waals surface area contributed by atoms with E-state index in [0.29, 0.717) is 5.92 Å². The standard InChI is InChI=1S/C13H20N4S/c14-13(18)17-16-12(10-6-2-1-3-7-10)11-8-4-5-9-15-11/h4-5,8-11,15H,1-3,6-7H2,(H3,14,17,18). The van der Waals surface area contributed by atoms with Crippen molar-refractivity contribution in [2.24, 2.45) is 16.8 Å². The molecule has 0 aromatic heterocycles. The van der Waals surface area contributed by atoms with Crippen molar-refractivity contribution < 1.29 is 0 Å². The lowest BCUT2D eigenvalue weighted by Crippen LogP contribution is -2.40. The average molecular weight is 264 g/mol. The van der Waals surface area contributed by atoms with Gasteiger partial charge in [-0.2, -0.15) is 5.10 Å². The van der Waals surface area contributed by atoms with E-state index < -0.39 is 0 Å². The highest BCUT2D eigenvalue weighted by atomic mass is 32.1. The molecule has 0 aromatic carbocycles. The molecule has 4 nitrogen and oxygen atoms in total. The van der Waals surface area contributed by atoms with E-state index in [4.69, 9.17) is 18.0 Å². The van der Waals surface area contributed by atoms with Gasteiger partial charge in [0.15, 0.2) is 5.11 Å². The number of nitrogens with two attached hydrogens (primary N) is 1. The van der Waals surface area contributed by atoms with Gasteiger partial charge in [-0.05, 0) is 37.3 Å². The van der Waals surface area contributed by atoms with E-state index in [1.165, 1.54) is 32.1 Å². The molecule has 1 unspecified atom stereocenters. The van der Waals surface area contributed by atoms with E-state index in [-0.39, 0.29) is 11.2 Å². The zero-order valence-electron chi connectivity index (χ0n) is 10.4. The molecule has 18 heavy (non-hydrogen) atoms. The predicted molar refractivity (Wildman–Crippen MR) is 79.1 cm³/mol. The Labute approximate surface area is 113 Å². The van der Waals surface area contributed by atoms with Crippen LogP contribution in [0.3, 0.4) is 0 Å². The minimum absolute atomic E-state index is 0.153. The van der Waals surface area contributed by atoms with Crippen LogP contribution < -0.4 is 16.5 Å². The topological polar surface area (TPSA) is 62.4 Å². The molecule has 1 atom stereocenters. The molecule has 0 radical (unpaired) electrons. The first-order chi connectivity index (χ1) is 8.77. The minimum atomic E-state index is 0.153. The summed E-state index contributed by atoms with van der Waals surface area (Å²) in [5.74, 6) is 0.522. The average Bonchev–Trinajstić information content (AvgIpc) is 2.41. The number of nitrogens with one attached hydrogen (secondary N) is 2. The number of thiocarbonyl (C=S) groups is 1. The van der Waals surface area contributed by atoms with E-state index in [1.54, 1.807) is 0 Å². The quantitative estimate of drug-likeness (QED) is 0.413. The van der Waals surface area contributed by atoms with Gasteiger partial charge in [-0.1, -0.05) is 31.4 Å². The summed E-state index contributed by atoms with van der Waals surface area (Å²) in [6, 6.07) is 0.153. The minimum Gasteiger partial charge on any atom is -0.379 e. The van der Waals surface area contributed by atoms with E-state index in [0.717, 1.165) is 5.71 Å². The van der Waals surface area contributed by atoms with Crippen LogP contribution in [0.2, 0.25) is 0 Å². The molecule has 1 saturated carbocycles. The van der Waals surface area contributed by atoms with Crippen LogP contribution in [0.1, 0.15) is 32.1 Å². The molecule has 0 amide bonds. The summed E-state index contributed by atoms with van der Waals surface area (Å²) in [5.41, 5.74) is 9.31. The van der Waals surface area contributed by atoms with Crippen molar-refractivity contribution in [3.63, 3.8) is 0 Å². The molecule has 1 aliphatic carbocycles. The van der Waals surface area contributed by atoms with Crippen molar-refractivity contribution in [2.75, 3.05) is 0 Å². The number of allylic oxidation sites excluding steroid dienone is 2. The third-order valence-corrected chi connectivity index (χ3v) is 3.52. The van der Waals surface area contributed by atoms with Gasteiger partial charge in [0.05, 0.1) is 11.8 Å². The zero-order chi connectivity index (χ0) is 12.8. The Morgan fingerprint density at radius 1 is 1.28 bits per heavy atom. The first kappa shape index (κ1) is 13.1. The van der Waals surface area contributed by atoms with Gasteiger partial charge in [0.2, 0.25) is 0 Å². The Balaban J connectivity index is 2.10. The summed E-state index contributed by atoms with van der Waals surface area (Å²) < 4.78 is 0. The van der Waals surface area contributed by atoms with Gasteiger partial charge in [0, 0.05) is 5.92 Å². The number of rotatable bonds is 3. The Kier molecular flexibility index (Phi) is 4.75. The highest BCUT2D eigenvalue weighted by Crippen LogP contribution is 2.26. The molecule has 4 N–H and O–H groups in total. The summed E-state index contributed by atoms with van der Waals surface area (Å²) in [5, 5.41) is 7.96. The number of hydrazone groups is 1. The summed E-state index contributed by atoms with van der Waals surface area (Å²) in [6.07, 6.45) is 14.4. The maximum absolute atomic E-state index is 5.46. The van der Waals surface area contributed by atoms with Crippen molar-refractivity contribution in [2.45, 2.75) is 38.1 Å². The van der Waals surface area contributed by atoms with E-state index in [2.05, 4.69) is 21.9 Å². The van der Waals surface area contributed by atoms with Crippen molar-refractivity contribution in [3.05, 3.63) is 24.4 Å². The Morgan fingerprint density at radius 2 is 2.06 bits per heavy atom. The largest absolute Gasteiger partial charge is 0.379 e. The lowest BCUT2D eigenvalue weighted by Gasteiger charge is -2.28. The Morgan fingerprint density at radius 3 is 2.67 bits per heavy atom. The van der Waals surface area contributed by atoms with Gasteiger partial charge >= 0.3 is 0 Å². The molecule has 1 heterocycles. The van der Waals surface area contributed by atoms with Crippen LogP contribution in [0, 0.1) is 5.92 Å². The Hall–Kier alpha value is -1.36. The summed E-state index contributed by atoms with van der Waals surface area (Å²) in [4.78, 5) is 0. The van der Waals surface area contributed by atoms with Gasteiger partial charge in [0.1, 0.15) is 0 Å². The van der Waals surface area contributed by atoms with Crippen LogP contribution in [0.15, 0.2) is 29.5 Å². The maximum atomic E-state index is 5.46. The summed E-state index contributed by atoms with van der Waals surface area (Å²) in [6.45, 7) is 0. The van der Waals surface area contributed by atoms with Crippen LogP contribution in [-0.4, -0.2) is 16.9 Å². The van der Waals surface area contributed by atoms with Crippen LogP contribution in [0.5, 0.6) is 0 Å². The molecule has 98 valence electrons. The first-order valence-corrected chi connectivity index (χ1v) is 6.90. The molecule has 1 aliphatic heterocycles. The van der Waals surface area contributed by atoms with Crippen molar-refractivity contribution in [1.29, 1.82) is 0 Å². The van der Waals surface area contributed by atoms with Crippen LogP contribution in [-0.2, 0) is 0 Å². The predicted octanol–water partition coefficient (Wildman–Crippen LogP) is 1.80. The summed E-state index contributed by atoms with van der Waals surface area (Å²) in [7, 11) is 0.